The van der Waals surface area contributed by atoms with Crippen molar-refractivity contribution < 1.29 is 4.39 Å². The van der Waals surface area contributed by atoms with Crippen molar-refractivity contribution in [1.82, 2.24) is 4.98 Å². The Morgan fingerprint density at radius 3 is 2.85 bits per heavy atom. The highest BCUT2D eigenvalue weighted by molar-refractivity contribution is 5.79. The van der Waals surface area contributed by atoms with Gasteiger partial charge in [0.25, 0.3) is 0 Å². The Morgan fingerprint density at radius 1 is 1.31 bits per heavy atom. The van der Waals surface area contributed by atoms with Crippen LogP contribution in [0, 0.1) is 17.3 Å². The number of nitriles is 1. The Hall–Kier alpha value is -1.95. The normalized spacial score (nSPS) is 9.85. The Morgan fingerprint density at radius 2 is 2.08 bits per heavy atom. The first-order valence-electron chi connectivity index (χ1n) is 3.76. The van der Waals surface area contributed by atoms with Gasteiger partial charge in [-0.2, -0.15) is 9.65 Å². The van der Waals surface area contributed by atoms with Gasteiger partial charge in [-0.15, -0.1) is 0 Å². The number of halogens is 1. The van der Waals surface area contributed by atoms with E-state index in [1.54, 1.807) is 24.3 Å². The van der Waals surface area contributed by atoms with Crippen molar-refractivity contribution in [2.24, 2.45) is 0 Å². The lowest BCUT2D eigenvalue weighted by Gasteiger charge is -1.97. The minimum Gasteiger partial charge on any atom is -0.219 e. The second kappa shape index (κ2) is 2.83. The molecule has 0 atom stereocenters. The predicted octanol–water partition coefficient (Wildman–Crippen LogP) is 2.25. The molecule has 0 fully saturated rings. The molecule has 1 heterocycles. The molecule has 0 unspecified atom stereocenters. The van der Waals surface area contributed by atoms with Crippen molar-refractivity contribution in [2.75, 3.05) is 0 Å². The van der Waals surface area contributed by atoms with Gasteiger partial charge in [0.05, 0.1) is 5.52 Å². The number of benzene rings is 1. The standard InChI is InChI=1S/C10H5FN2/c11-10-8(6-12)5-7-3-1-2-4-9(7)13-10/h1-5H. The molecule has 2 rings (SSSR count). The molecule has 0 aliphatic carbocycles. The quantitative estimate of drug-likeness (QED) is 0.571. The van der Waals surface area contributed by atoms with Crippen molar-refractivity contribution in [2.45, 2.75) is 0 Å². The topological polar surface area (TPSA) is 36.7 Å². The number of pyridine rings is 1. The average Bonchev–Trinajstić information content (AvgIpc) is 2.17. The molecule has 2 aromatic rings. The van der Waals surface area contributed by atoms with Crippen LogP contribution in [0.1, 0.15) is 5.56 Å². The number of nitrogens with zero attached hydrogens (tertiary/aromatic N) is 2. The number of hydrogen-bond acceptors (Lipinski definition) is 2. The van der Waals surface area contributed by atoms with Crippen LogP contribution in [0.5, 0.6) is 0 Å². The third-order valence-corrected chi connectivity index (χ3v) is 1.80. The van der Waals surface area contributed by atoms with E-state index in [9.17, 15) is 4.39 Å². The van der Waals surface area contributed by atoms with E-state index < -0.39 is 5.95 Å². The van der Waals surface area contributed by atoms with Crippen LogP contribution in [0.25, 0.3) is 10.9 Å². The summed E-state index contributed by atoms with van der Waals surface area (Å²) >= 11 is 0. The Bertz CT molecular complexity index is 500. The lowest BCUT2D eigenvalue weighted by atomic mass is 10.2. The van der Waals surface area contributed by atoms with Gasteiger partial charge in [-0.1, -0.05) is 18.2 Å². The molecule has 1 aromatic heterocycles. The van der Waals surface area contributed by atoms with Crippen LogP contribution in [0.2, 0.25) is 0 Å². The molecule has 0 radical (unpaired) electrons. The first-order valence-corrected chi connectivity index (χ1v) is 3.76. The number of fused-ring (bicyclic) bond motifs is 1. The Labute approximate surface area is 74.3 Å². The lowest BCUT2D eigenvalue weighted by Crippen LogP contribution is -1.89. The summed E-state index contributed by atoms with van der Waals surface area (Å²) in [6.45, 7) is 0. The summed E-state index contributed by atoms with van der Waals surface area (Å²) in [5.41, 5.74) is 0.553. The minimum atomic E-state index is -0.707. The molecule has 2 nitrogen and oxygen atoms in total. The molecule has 62 valence electrons. The predicted molar refractivity (Wildman–Crippen MR) is 46.4 cm³/mol. The SMILES string of the molecule is N#Cc1cc2ccccc2nc1F. The van der Waals surface area contributed by atoms with E-state index in [1.165, 1.54) is 6.07 Å². The maximum absolute atomic E-state index is 13.0. The van der Waals surface area contributed by atoms with Gasteiger partial charge in [-0.25, -0.2) is 4.98 Å². The summed E-state index contributed by atoms with van der Waals surface area (Å²) in [5, 5.41) is 9.33. The first-order chi connectivity index (χ1) is 6.31. The maximum Gasteiger partial charge on any atom is 0.231 e. The molecule has 0 N–H and O–H groups in total. The first kappa shape index (κ1) is 7.69. The molecule has 1 aromatic carbocycles. The molecule has 0 saturated carbocycles. The fourth-order valence-electron chi connectivity index (χ4n) is 1.17. The number of aromatic nitrogens is 1. The van der Waals surface area contributed by atoms with Crippen LogP contribution in [-0.4, -0.2) is 4.98 Å². The van der Waals surface area contributed by atoms with Crippen molar-refractivity contribution >= 4 is 10.9 Å². The van der Waals surface area contributed by atoms with E-state index in [4.69, 9.17) is 5.26 Å². The van der Waals surface area contributed by atoms with Crippen molar-refractivity contribution in [1.29, 1.82) is 5.26 Å². The molecule has 13 heavy (non-hydrogen) atoms. The van der Waals surface area contributed by atoms with E-state index in [1.807, 2.05) is 6.07 Å². The monoisotopic (exact) mass is 172 g/mol. The van der Waals surface area contributed by atoms with E-state index in [2.05, 4.69) is 4.98 Å². The van der Waals surface area contributed by atoms with Crippen LogP contribution in [0.15, 0.2) is 30.3 Å². The van der Waals surface area contributed by atoms with Crippen molar-refractivity contribution in [3.63, 3.8) is 0 Å². The van der Waals surface area contributed by atoms with Gasteiger partial charge >= 0.3 is 0 Å². The number of rotatable bonds is 0. The van der Waals surface area contributed by atoms with Crippen molar-refractivity contribution in [3.05, 3.63) is 41.8 Å². The molecule has 0 spiro atoms. The lowest BCUT2D eigenvalue weighted by molar-refractivity contribution is 0.585. The van der Waals surface area contributed by atoms with Crippen LogP contribution < -0.4 is 0 Å². The molecule has 0 saturated heterocycles. The van der Waals surface area contributed by atoms with E-state index in [-0.39, 0.29) is 5.56 Å². The van der Waals surface area contributed by atoms with Gasteiger partial charge in [0.15, 0.2) is 0 Å². The van der Waals surface area contributed by atoms with E-state index in [0.717, 1.165) is 5.39 Å². The minimum absolute atomic E-state index is 0.0151. The van der Waals surface area contributed by atoms with Gasteiger partial charge in [-0.3, -0.25) is 0 Å². The Kier molecular flexibility index (Phi) is 1.67. The third kappa shape index (κ3) is 1.23. The number of para-hydroxylation sites is 1. The van der Waals surface area contributed by atoms with Crippen LogP contribution in [-0.2, 0) is 0 Å². The summed E-state index contributed by atoms with van der Waals surface area (Å²) in [7, 11) is 0. The van der Waals surface area contributed by atoms with Crippen LogP contribution >= 0.6 is 0 Å². The zero-order valence-electron chi connectivity index (χ0n) is 6.66. The molecule has 0 amide bonds. The second-order valence-corrected chi connectivity index (χ2v) is 2.63. The van der Waals surface area contributed by atoms with E-state index in [0.29, 0.717) is 5.52 Å². The van der Waals surface area contributed by atoms with Gasteiger partial charge in [0, 0.05) is 5.39 Å². The summed E-state index contributed by atoms with van der Waals surface area (Å²) in [5.74, 6) is -0.707. The molecule has 0 aliphatic rings. The van der Waals surface area contributed by atoms with E-state index >= 15 is 0 Å². The van der Waals surface area contributed by atoms with Gasteiger partial charge < -0.3 is 0 Å². The highest BCUT2D eigenvalue weighted by Crippen LogP contribution is 2.14. The molecule has 0 aliphatic heterocycles. The second-order valence-electron chi connectivity index (χ2n) is 2.63. The summed E-state index contributed by atoms with van der Waals surface area (Å²) in [6, 6.07) is 10.4. The zero-order chi connectivity index (χ0) is 9.26. The van der Waals surface area contributed by atoms with Crippen molar-refractivity contribution in [3.8, 4) is 6.07 Å². The fourth-order valence-corrected chi connectivity index (χ4v) is 1.17. The summed E-state index contributed by atoms with van der Waals surface area (Å²) in [4.78, 5) is 3.66. The smallest absolute Gasteiger partial charge is 0.219 e. The van der Waals surface area contributed by atoms with Crippen LogP contribution in [0.3, 0.4) is 0 Å². The molecular formula is C10H5FN2. The summed E-state index contributed by atoms with van der Waals surface area (Å²) in [6.07, 6.45) is 0. The molecule has 3 heteroatoms. The van der Waals surface area contributed by atoms with Gasteiger partial charge in [-0.05, 0) is 12.1 Å². The molecular weight excluding hydrogens is 167 g/mol. The zero-order valence-corrected chi connectivity index (χ0v) is 6.66. The van der Waals surface area contributed by atoms with Crippen LogP contribution in [0.4, 0.5) is 4.39 Å². The Balaban J connectivity index is 2.83. The number of hydrogen-bond donors (Lipinski definition) is 0. The molecule has 0 bridgehead atoms. The highest BCUT2D eigenvalue weighted by atomic mass is 19.1. The van der Waals surface area contributed by atoms with Gasteiger partial charge in [0.2, 0.25) is 5.95 Å². The van der Waals surface area contributed by atoms with Gasteiger partial charge in [0.1, 0.15) is 11.6 Å². The highest BCUT2D eigenvalue weighted by Gasteiger charge is 2.03. The fraction of sp³-hybridized carbons (Fsp3) is 0. The summed E-state index contributed by atoms with van der Waals surface area (Å²) < 4.78 is 13.0. The largest absolute Gasteiger partial charge is 0.231 e. The average molecular weight is 172 g/mol. The maximum atomic E-state index is 13.0. The third-order valence-electron chi connectivity index (χ3n) is 1.80.